The van der Waals surface area contributed by atoms with E-state index >= 15 is 0 Å². The van der Waals surface area contributed by atoms with Crippen LogP contribution in [0, 0.1) is 0 Å². The molecule has 0 amide bonds. The van der Waals surface area contributed by atoms with Gasteiger partial charge >= 0.3 is 6.18 Å². The molecule has 0 nitrogen and oxygen atoms in total. The second-order valence-electron chi connectivity index (χ2n) is 2.43. The molecule has 0 bridgehead atoms. The minimum atomic E-state index is -4.17. The van der Waals surface area contributed by atoms with Gasteiger partial charge in [0.15, 0.2) is 0 Å². The van der Waals surface area contributed by atoms with Crippen molar-refractivity contribution in [1.29, 1.82) is 0 Å². The highest BCUT2D eigenvalue weighted by Gasteiger charge is 2.36. The van der Waals surface area contributed by atoms with E-state index in [1.54, 1.807) is 27.4 Å². The third kappa shape index (κ3) is 2.21. The van der Waals surface area contributed by atoms with E-state index in [1.165, 1.54) is 12.1 Å². The Balaban J connectivity index is 2.86. The maximum absolute atomic E-state index is 12.1. The van der Waals surface area contributed by atoms with Crippen LogP contribution in [0.25, 0.3) is 0 Å². The SMILES string of the molecule is FC(F)(F)C(P)c1ccccc1. The van der Waals surface area contributed by atoms with E-state index in [-0.39, 0.29) is 5.56 Å². The fourth-order valence-electron chi connectivity index (χ4n) is 0.849. The van der Waals surface area contributed by atoms with Crippen molar-refractivity contribution < 1.29 is 13.2 Å². The van der Waals surface area contributed by atoms with Gasteiger partial charge in [-0.05, 0) is 5.56 Å². The molecule has 0 N–H and O–H groups in total. The Labute approximate surface area is 71.0 Å². The van der Waals surface area contributed by atoms with Gasteiger partial charge in [0.05, 0.1) is 5.66 Å². The van der Waals surface area contributed by atoms with Crippen LogP contribution < -0.4 is 0 Å². The quantitative estimate of drug-likeness (QED) is 0.599. The van der Waals surface area contributed by atoms with Crippen LogP contribution in [0.15, 0.2) is 30.3 Å². The Morgan fingerprint density at radius 3 is 2.00 bits per heavy atom. The number of halogens is 3. The second-order valence-corrected chi connectivity index (χ2v) is 3.10. The molecule has 2 atom stereocenters. The molecule has 0 saturated heterocycles. The summed E-state index contributed by atoms with van der Waals surface area (Å²) in [6.07, 6.45) is -4.17. The van der Waals surface area contributed by atoms with Gasteiger partial charge in [-0.3, -0.25) is 0 Å². The molecular formula is C8H8F3P. The van der Waals surface area contributed by atoms with Crippen LogP contribution in [-0.4, -0.2) is 6.18 Å². The van der Waals surface area contributed by atoms with E-state index in [4.69, 9.17) is 0 Å². The summed E-state index contributed by atoms with van der Waals surface area (Å²) in [7, 11) is 1.79. The second kappa shape index (κ2) is 3.44. The Hall–Kier alpha value is -0.560. The Morgan fingerprint density at radius 2 is 1.58 bits per heavy atom. The van der Waals surface area contributed by atoms with Gasteiger partial charge in [-0.15, -0.1) is 9.24 Å². The molecule has 0 saturated carbocycles. The molecular weight excluding hydrogens is 184 g/mol. The van der Waals surface area contributed by atoms with Crippen LogP contribution in [-0.2, 0) is 0 Å². The van der Waals surface area contributed by atoms with E-state index in [0.717, 1.165) is 0 Å². The predicted octanol–water partition coefficient (Wildman–Crippen LogP) is 3.17. The lowest BCUT2D eigenvalue weighted by Gasteiger charge is -2.14. The molecule has 0 aromatic heterocycles. The fraction of sp³-hybridized carbons (Fsp3) is 0.250. The molecule has 0 spiro atoms. The van der Waals surface area contributed by atoms with Gasteiger partial charge in [0.1, 0.15) is 0 Å². The Morgan fingerprint density at radius 1 is 1.08 bits per heavy atom. The molecule has 0 heterocycles. The van der Waals surface area contributed by atoms with Gasteiger partial charge in [-0.25, -0.2) is 0 Å². The highest BCUT2D eigenvalue weighted by atomic mass is 31.0. The van der Waals surface area contributed by atoms with Gasteiger partial charge in [-0.2, -0.15) is 13.2 Å². The highest BCUT2D eigenvalue weighted by Crippen LogP contribution is 2.39. The molecule has 2 unspecified atom stereocenters. The van der Waals surface area contributed by atoms with Crippen molar-refractivity contribution in [2.45, 2.75) is 11.8 Å². The summed E-state index contributed by atoms with van der Waals surface area (Å²) in [6.45, 7) is 0. The molecule has 0 aliphatic rings. The lowest BCUT2D eigenvalue weighted by Crippen LogP contribution is -2.14. The van der Waals surface area contributed by atoms with Gasteiger partial charge in [0, 0.05) is 0 Å². The van der Waals surface area contributed by atoms with Crippen molar-refractivity contribution in [1.82, 2.24) is 0 Å². The third-order valence-corrected chi connectivity index (χ3v) is 2.27. The topological polar surface area (TPSA) is 0 Å². The van der Waals surface area contributed by atoms with E-state index < -0.39 is 11.8 Å². The fourth-order valence-corrected chi connectivity index (χ4v) is 1.07. The highest BCUT2D eigenvalue weighted by molar-refractivity contribution is 7.17. The maximum Gasteiger partial charge on any atom is 0.399 e. The average molecular weight is 192 g/mol. The smallest absolute Gasteiger partial charge is 0.170 e. The lowest BCUT2D eigenvalue weighted by atomic mass is 10.1. The minimum absolute atomic E-state index is 0.273. The number of alkyl halides is 3. The van der Waals surface area contributed by atoms with E-state index in [9.17, 15) is 13.2 Å². The standard InChI is InChI=1S/C8H8F3P/c9-8(10,11)7(12)6-4-2-1-3-5-6/h1-5,7H,12H2. The average Bonchev–Trinajstić information content (AvgIpc) is 2.03. The molecule has 66 valence electrons. The molecule has 0 radical (unpaired) electrons. The zero-order valence-electron chi connectivity index (χ0n) is 6.18. The van der Waals surface area contributed by atoms with Crippen LogP contribution in [0.5, 0.6) is 0 Å². The summed E-state index contributed by atoms with van der Waals surface area (Å²) in [5, 5.41) is 0. The zero-order valence-corrected chi connectivity index (χ0v) is 7.33. The summed E-state index contributed by atoms with van der Waals surface area (Å²) in [5.74, 6) is 0. The van der Waals surface area contributed by atoms with Crippen LogP contribution >= 0.6 is 9.24 Å². The molecule has 1 rings (SSSR count). The Kier molecular flexibility index (Phi) is 2.73. The molecule has 0 aliphatic heterocycles. The summed E-state index contributed by atoms with van der Waals surface area (Å²) < 4.78 is 36.3. The first-order valence-electron chi connectivity index (χ1n) is 3.39. The van der Waals surface area contributed by atoms with Gasteiger partial charge in [0.2, 0.25) is 0 Å². The summed E-state index contributed by atoms with van der Waals surface area (Å²) in [4.78, 5) is 0. The van der Waals surface area contributed by atoms with E-state index in [1.807, 2.05) is 0 Å². The number of benzene rings is 1. The maximum atomic E-state index is 12.1. The zero-order chi connectivity index (χ0) is 9.19. The van der Waals surface area contributed by atoms with Gasteiger partial charge < -0.3 is 0 Å². The van der Waals surface area contributed by atoms with Crippen LogP contribution in [0.4, 0.5) is 13.2 Å². The molecule has 1 aromatic rings. The third-order valence-electron chi connectivity index (χ3n) is 1.51. The first-order valence-corrected chi connectivity index (χ1v) is 4.05. The normalized spacial score (nSPS) is 14.3. The molecule has 1 aromatic carbocycles. The van der Waals surface area contributed by atoms with Crippen LogP contribution in [0.2, 0.25) is 0 Å². The van der Waals surface area contributed by atoms with Crippen molar-refractivity contribution in [2.75, 3.05) is 0 Å². The van der Waals surface area contributed by atoms with Gasteiger partial charge in [-0.1, -0.05) is 30.3 Å². The van der Waals surface area contributed by atoms with Crippen molar-refractivity contribution in [3.63, 3.8) is 0 Å². The molecule has 12 heavy (non-hydrogen) atoms. The molecule has 4 heteroatoms. The number of rotatable bonds is 1. The van der Waals surface area contributed by atoms with Crippen molar-refractivity contribution in [3.05, 3.63) is 35.9 Å². The first-order chi connectivity index (χ1) is 5.52. The minimum Gasteiger partial charge on any atom is -0.170 e. The van der Waals surface area contributed by atoms with Crippen molar-refractivity contribution in [2.24, 2.45) is 0 Å². The first kappa shape index (κ1) is 9.53. The van der Waals surface area contributed by atoms with Crippen molar-refractivity contribution in [3.8, 4) is 0 Å². The van der Waals surface area contributed by atoms with Crippen LogP contribution in [0.3, 0.4) is 0 Å². The summed E-state index contributed by atoms with van der Waals surface area (Å²) in [5.41, 5.74) is -1.19. The van der Waals surface area contributed by atoms with E-state index in [0.29, 0.717) is 0 Å². The largest absolute Gasteiger partial charge is 0.399 e. The summed E-state index contributed by atoms with van der Waals surface area (Å²) in [6, 6.07) is 7.81. The Bertz CT molecular complexity index is 242. The van der Waals surface area contributed by atoms with Gasteiger partial charge in [0.25, 0.3) is 0 Å². The number of hydrogen-bond donors (Lipinski definition) is 0. The number of hydrogen-bond acceptors (Lipinski definition) is 0. The predicted molar refractivity (Wildman–Crippen MR) is 44.9 cm³/mol. The van der Waals surface area contributed by atoms with E-state index in [2.05, 4.69) is 0 Å². The summed E-state index contributed by atoms with van der Waals surface area (Å²) >= 11 is 0. The van der Waals surface area contributed by atoms with Crippen molar-refractivity contribution >= 4 is 9.24 Å². The molecule has 0 aliphatic carbocycles. The monoisotopic (exact) mass is 192 g/mol. The van der Waals surface area contributed by atoms with Crippen LogP contribution in [0.1, 0.15) is 11.2 Å². The molecule has 0 fully saturated rings. The lowest BCUT2D eigenvalue weighted by molar-refractivity contribution is -0.130.